The largest absolute Gasteiger partial charge is 0.388 e. The summed E-state index contributed by atoms with van der Waals surface area (Å²) < 4.78 is 13.4. The second-order valence-corrected chi connectivity index (χ2v) is 4.19. The SMILES string of the molecule is CNc1ccc(F)c(C(C)(C)C)c1. The van der Waals surface area contributed by atoms with Crippen molar-refractivity contribution in [3.05, 3.63) is 29.6 Å². The van der Waals surface area contributed by atoms with Crippen LogP contribution in [0, 0.1) is 5.82 Å². The number of benzene rings is 1. The molecule has 0 radical (unpaired) electrons. The van der Waals surface area contributed by atoms with Crippen LogP contribution in [0.15, 0.2) is 18.2 Å². The van der Waals surface area contributed by atoms with Crippen molar-refractivity contribution in [3.8, 4) is 0 Å². The molecule has 0 fully saturated rings. The molecule has 0 aliphatic heterocycles. The summed E-state index contributed by atoms with van der Waals surface area (Å²) in [4.78, 5) is 0. The van der Waals surface area contributed by atoms with Crippen LogP contribution in [0.4, 0.5) is 10.1 Å². The van der Waals surface area contributed by atoms with Crippen LogP contribution in [0.1, 0.15) is 26.3 Å². The molecule has 1 aromatic carbocycles. The van der Waals surface area contributed by atoms with Gasteiger partial charge in [0.1, 0.15) is 5.82 Å². The van der Waals surface area contributed by atoms with Crippen molar-refractivity contribution >= 4 is 5.69 Å². The zero-order valence-electron chi connectivity index (χ0n) is 8.61. The number of nitrogens with one attached hydrogen (secondary N) is 1. The lowest BCUT2D eigenvalue weighted by Crippen LogP contribution is -2.13. The minimum Gasteiger partial charge on any atom is -0.388 e. The molecule has 0 bridgehead atoms. The summed E-state index contributed by atoms with van der Waals surface area (Å²) in [5, 5.41) is 3.00. The van der Waals surface area contributed by atoms with Gasteiger partial charge in [0.05, 0.1) is 0 Å². The third-order valence-corrected chi connectivity index (χ3v) is 2.06. The van der Waals surface area contributed by atoms with E-state index in [0.717, 1.165) is 11.3 Å². The zero-order chi connectivity index (χ0) is 10.1. The van der Waals surface area contributed by atoms with Crippen molar-refractivity contribution in [2.24, 2.45) is 0 Å². The van der Waals surface area contributed by atoms with Gasteiger partial charge in [-0.05, 0) is 29.2 Å². The summed E-state index contributed by atoms with van der Waals surface area (Å²) >= 11 is 0. The van der Waals surface area contributed by atoms with Crippen molar-refractivity contribution in [3.63, 3.8) is 0 Å². The summed E-state index contributed by atoms with van der Waals surface area (Å²) in [5.41, 5.74) is 1.56. The van der Waals surface area contributed by atoms with Gasteiger partial charge in [0, 0.05) is 12.7 Å². The standard InChI is InChI=1S/C11H16FN/c1-11(2,3)9-7-8(13-4)5-6-10(9)12/h5-7,13H,1-4H3. The van der Waals surface area contributed by atoms with Gasteiger partial charge in [-0.1, -0.05) is 20.8 Å². The highest BCUT2D eigenvalue weighted by Gasteiger charge is 2.18. The number of hydrogen-bond acceptors (Lipinski definition) is 1. The predicted molar refractivity (Wildman–Crippen MR) is 54.6 cm³/mol. The Kier molecular flexibility index (Phi) is 2.60. The quantitative estimate of drug-likeness (QED) is 0.701. The van der Waals surface area contributed by atoms with Crippen molar-refractivity contribution in [2.75, 3.05) is 12.4 Å². The first-order chi connectivity index (χ1) is 5.95. The first-order valence-electron chi connectivity index (χ1n) is 4.43. The van der Waals surface area contributed by atoms with Gasteiger partial charge in [0.25, 0.3) is 0 Å². The summed E-state index contributed by atoms with van der Waals surface area (Å²) in [5.74, 6) is -0.133. The third-order valence-electron chi connectivity index (χ3n) is 2.06. The highest BCUT2D eigenvalue weighted by molar-refractivity contribution is 5.47. The highest BCUT2D eigenvalue weighted by Crippen LogP contribution is 2.27. The molecule has 0 aromatic heterocycles. The molecular formula is C11H16FN. The van der Waals surface area contributed by atoms with Crippen LogP contribution in [0.25, 0.3) is 0 Å². The van der Waals surface area contributed by atoms with Gasteiger partial charge >= 0.3 is 0 Å². The fraction of sp³-hybridized carbons (Fsp3) is 0.455. The number of rotatable bonds is 1. The van der Waals surface area contributed by atoms with Gasteiger partial charge in [-0.15, -0.1) is 0 Å². The molecule has 0 aliphatic rings. The van der Waals surface area contributed by atoms with Crippen molar-refractivity contribution in [1.82, 2.24) is 0 Å². The van der Waals surface area contributed by atoms with Crippen LogP contribution in [-0.2, 0) is 5.41 Å². The van der Waals surface area contributed by atoms with Crippen LogP contribution in [0.2, 0.25) is 0 Å². The lowest BCUT2D eigenvalue weighted by Gasteiger charge is -2.20. The van der Waals surface area contributed by atoms with E-state index in [2.05, 4.69) is 5.32 Å². The van der Waals surface area contributed by atoms with Crippen LogP contribution in [0.5, 0.6) is 0 Å². The molecule has 0 amide bonds. The number of anilines is 1. The molecular weight excluding hydrogens is 165 g/mol. The fourth-order valence-corrected chi connectivity index (χ4v) is 1.26. The maximum atomic E-state index is 13.4. The van der Waals surface area contributed by atoms with Crippen molar-refractivity contribution in [1.29, 1.82) is 0 Å². The Morgan fingerprint density at radius 2 is 1.85 bits per heavy atom. The normalized spacial score (nSPS) is 11.5. The lowest BCUT2D eigenvalue weighted by atomic mass is 9.86. The van der Waals surface area contributed by atoms with Gasteiger partial charge < -0.3 is 5.32 Å². The van der Waals surface area contributed by atoms with E-state index in [0.29, 0.717) is 0 Å². The molecule has 1 rings (SSSR count). The summed E-state index contributed by atoms with van der Waals surface area (Å²) in [7, 11) is 1.83. The Balaban J connectivity index is 3.19. The van der Waals surface area contributed by atoms with E-state index in [-0.39, 0.29) is 11.2 Å². The van der Waals surface area contributed by atoms with Crippen molar-refractivity contribution in [2.45, 2.75) is 26.2 Å². The Labute approximate surface area is 79.0 Å². The van der Waals surface area contributed by atoms with Gasteiger partial charge in [-0.2, -0.15) is 0 Å². The molecule has 0 saturated carbocycles. The van der Waals surface area contributed by atoms with Gasteiger partial charge in [-0.3, -0.25) is 0 Å². The topological polar surface area (TPSA) is 12.0 Å². The van der Waals surface area contributed by atoms with Gasteiger partial charge in [-0.25, -0.2) is 4.39 Å². The molecule has 1 N–H and O–H groups in total. The molecule has 0 atom stereocenters. The molecule has 1 aromatic rings. The molecule has 1 nitrogen and oxygen atoms in total. The maximum absolute atomic E-state index is 13.4. The Bertz CT molecular complexity index is 299. The Morgan fingerprint density at radius 3 is 2.31 bits per heavy atom. The maximum Gasteiger partial charge on any atom is 0.127 e. The Morgan fingerprint density at radius 1 is 1.23 bits per heavy atom. The van der Waals surface area contributed by atoms with E-state index in [1.807, 2.05) is 33.9 Å². The predicted octanol–water partition coefficient (Wildman–Crippen LogP) is 3.16. The Hall–Kier alpha value is -1.05. The summed E-state index contributed by atoms with van der Waals surface area (Å²) in [6.45, 7) is 6.01. The second-order valence-electron chi connectivity index (χ2n) is 4.19. The molecule has 0 unspecified atom stereocenters. The molecule has 13 heavy (non-hydrogen) atoms. The van der Waals surface area contributed by atoms with Gasteiger partial charge in [0.2, 0.25) is 0 Å². The number of hydrogen-bond donors (Lipinski definition) is 1. The molecule has 0 spiro atoms. The summed E-state index contributed by atoms with van der Waals surface area (Å²) in [6.07, 6.45) is 0. The molecule has 0 saturated heterocycles. The first-order valence-corrected chi connectivity index (χ1v) is 4.43. The average molecular weight is 181 g/mol. The van der Waals surface area contributed by atoms with Crippen molar-refractivity contribution < 1.29 is 4.39 Å². The van der Waals surface area contributed by atoms with E-state index < -0.39 is 0 Å². The summed E-state index contributed by atoms with van der Waals surface area (Å²) in [6, 6.07) is 5.10. The molecule has 2 heteroatoms. The zero-order valence-corrected chi connectivity index (χ0v) is 8.61. The number of halogens is 1. The molecule has 72 valence electrons. The first kappa shape index (κ1) is 10.0. The van der Waals surface area contributed by atoms with E-state index in [9.17, 15) is 4.39 Å². The minimum absolute atomic E-state index is 0.133. The van der Waals surface area contributed by atoms with Gasteiger partial charge in [0.15, 0.2) is 0 Å². The van der Waals surface area contributed by atoms with Crippen LogP contribution >= 0.6 is 0 Å². The minimum atomic E-state index is -0.142. The highest BCUT2D eigenvalue weighted by atomic mass is 19.1. The molecule has 0 heterocycles. The van der Waals surface area contributed by atoms with Crippen LogP contribution in [-0.4, -0.2) is 7.05 Å². The second kappa shape index (κ2) is 3.36. The smallest absolute Gasteiger partial charge is 0.127 e. The van der Waals surface area contributed by atoms with Crippen LogP contribution in [0.3, 0.4) is 0 Å². The lowest BCUT2D eigenvalue weighted by molar-refractivity contribution is 0.523. The molecule has 0 aliphatic carbocycles. The van der Waals surface area contributed by atoms with Crippen LogP contribution < -0.4 is 5.32 Å². The monoisotopic (exact) mass is 181 g/mol. The van der Waals surface area contributed by atoms with E-state index in [1.54, 1.807) is 6.07 Å². The van der Waals surface area contributed by atoms with E-state index >= 15 is 0 Å². The van der Waals surface area contributed by atoms with E-state index in [4.69, 9.17) is 0 Å². The fourth-order valence-electron chi connectivity index (χ4n) is 1.26. The third kappa shape index (κ3) is 2.20. The van der Waals surface area contributed by atoms with E-state index in [1.165, 1.54) is 6.07 Å². The average Bonchev–Trinajstić information content (AvgIpc) is 2.03.